The van der Waals surface area contributed by atoms with Crippen LogP contribution in [0, 0.1) is 13.8 Å². The van der Waals surface area contributed by atoms with Gasteiger partial charge in [-0.2, -0.15) is 0 Å². The Labute approximate surface area is 101 Å². The van der Waals surface area contributed by atoms with Gasteiger partial charge in [0.15, 0.2) is 5.82 Å². The van der Waals surface area contributed by atoms with E-state index in [-0.39, 0.29) is 0 Å². The summed E-state index contributed by atoms with van der Waals surface area (Å²) < 4.78 is 1.81. The third-order valence-corrected chi connectivity index (χ3v) is 2.67. The molecule has 0 aliphatic heterocycles. The van der Waals surface area contributed by atoms with Crippen LogP contribution in [-0.2, 0) is 4.79 Å². The van der Waals surface area contributed by atoms with Gasteiger partial charge in [-0.25, -0.2) is 4.98 Å². The minimum atomic E-state index is -0.447. The highest BCUT2D eigenvalue weighted by Crippen LogP contribution is 2.16. The van der Waals surface area contributed by atoms with Crippen molar-refractivity contribution in [3.05, 3.63) is 29.4 Å². The Morgan fingerprint density at radius 1 is 1.53 bits per heavy atom. The minimum absolute atomic E-state index is 0.447. The Balaban J connectivity index is 3.36. The van der Waals surface area contributed by atoms with Gasteiger partial charge < -0.3 is 15.6 Å². The van der Waals surface area contributed by atoms with Gasteiger partial charge in [-0.15, -0.1) is 0 Å². The maximum Gasteiger partial charge on any atom is 0.245 e. The SMILES string of the molecule is C=C(NC)c1nc(C)c(C)n1/C=C(\C)C(N)=O. The van der Waals surface area contributed by atoms with E-state index in [1.807, 2.05) is 18.4 Å². The summed E-state index contributed by atoms with van der Waals surface area (Å²) in [6.45, 7) is 9.38. The highest BCUT2D eigenvalue weighted by Gasteiger charge is 2.12. The molecule has 1 amide bonds. The first-order chi connectivity index (χ1) is 7.88. The fraction of sp³-hybridized carbons (Fsp3) is 0.333. The average molecular weight is 234 g/mol. The van der Waals surface area contributed by atoms with Crippen LogP contribution in [0.5, 0.6) is 0 Å². The van der Waals surface area contributed by atoms with Crippen LogP contribution < -0.4 is 11.1 Å². The molecule has 0 spiro atoms. The van der Waals surface area contributed by atoms with Crippen molar-refractivity contribution in [3.8, 4) is 0 Å². The standard InChI is InChI=1S/C12H18N4O/c1-7(11(13)17)6-16-10(4)8(2)15-12(16)9(3)14-5/h6,14H,3H2,1-2,4-5H3,(H2,13,17)/b7-6+. The summed E-state index contributed by atoms with van der Waals surface area (Å²) in [6, 6.07) is 0. The number of rotatable bonds is 4. The molecule has 0 aliphatic carbocycles. The Bertz CT molecular complexity index is 497. The van der Waals surface area contributed by atoms with Gasteiger partial charge in [-0.3, -0.25) is 4.79 Å². The molecular weight excluding hydrogens is 216 g/mol. The number of aryl methyl sites for hydroxylation is 1. The number of amides is 1. The van der Waals surface area contributed by atoms with Crippen LogP contribution in [0.4, 0.5) is 0 Å². The predicted octanol–water partition coefficient (Wildman–Crippen LogP) is 1.04. The van der Waals surface area contributed by atoms with Crippen molar-refractivity contribution >= 4 is 17.8 Å². The number of hydrogen-bond donors (Lipinski definition) is 2. The van der Waals surface area contributed by atoms with Gasteiger partial charge in [0.05, 0.1) is 11.4 Å². The molecule has 0 bridgehead atoms. The highest BCUT2D eigenvalue weighted by atomic mass is 16.1. The monoisotopic (exact) mass is 234 g/mol. The van der Waals surface area contributed by atoms with Gasteiger partial charge >= 0.3 is 0 Å². The first-order valence-electron chi connectivity index (χ1n) is 5.29. The lowest BCUT2D eigenvalue weighted by atomic mass is 10.3. The zero-order valence-corrected chi connectivity index (χ0v) is 10.7. The maximum atomic E-state index is 11.1. The average Bonchev–Trinajstić information content (AvgIpc) is 2.56. The molecule has 0 aromatic carbocycles. The molecule has 0 radical (unpaired) electrons. The maximum absolute atomic E-state index is 11.1. The zero-order chi connectivity index (χ0) is 13.2. The number of carbonyl (C=O) groups is 1. The largest absolute Gasteiger partial charge is 0.386 e. The molecule has 92 valence electrons. The number of imidazole rings is 1. The second kappa shape index (κ2) is 4.86. The molecule has 0 fully saturated rings. The normalized spacial score (nSPS) is 11.4. The van der Waals surface area contributed by atoms with E-state index in [0.29, 0.717) is 17.1 Å². The van der Waals surface area contributed by atoms with Gasteiger partial charge in [0.1, 0.15) is 0 Å². The molecule has 0 saturated heterocycles. The van der Waals surface area contributed by atoms with E-state index in [0.717, 1.165) is 11.4 Å². The minimum Gasteiger partial charge on any atom is -0.386 e. The van der Waals surface area contributed by atoms with E-state index in [1.165, 1.54) is 0 Å². The van der Waals surface area contributed by atoms with Crippen molar-refractivity contribution in [2.24, 2.45) is 5.73 Å². The van der Waals surface area contributed by atoms with Crippen molar-refractivity contribution in [2.75, 3.05) is 7.05 Å². The molecule has 0 atom stereocenters. The topological polar surface area (TPSA) is 72.9 Å². The summed E-state index contributed by atoms with van der Waals surface area (Å²) >= 11 is 0. The van der Waals surface area contributed by atoms with Crippen LogP contribution in [0.3, 0.4) is 0 Å². The molecule has 5 heteroatoms. The number of carbonyl (C=O) groups excluding carboxylic acids is 1. The lowest BCUT2D eigenvalue weighted by Gasteiger charge is -2.07. The molecule has 0 unspecified atom stereocenters. The first-order valence-corrected chi connectivity index (χ1v) is 5.29. The van der Waals surface area contributed by atoms with Gasteiger partial charge in [-0.05, 0) is 20.8 Å². The van der Waals surface area contributed by atoms with Crippen LogP contribution in [0.2, 0.25) is 0 Å². The predicted molar refractivity (Wildman–Crippen MR) is 68.9 cm³/mol. The number of nitrogens with two attached hydrogens (primary N) is 1. The Kier molecular flexibility index (Phi) is 3.73. The van der Waals surface area contributed by atoms with E-state index in [2.05, 4.69) is 16.9 Å². The third kappa shape index (κ3) is 2.55. The van der Waals surface area contributed by atoms with Crippen molar-refractivity contribution in [3.63, 3.8) is 0 Å². The summed E-state index contributed by atoms with van der Waals surface area (Å²) in [6.07, 6.45) is 1.68. The molecule has 5 nitrogen and oxygen atoms in total. The van der Waals surface area contributed by atoms with Crippen molar-refractivity contribution in [1.82, 2.24) is 14.9 Å². The first kappa shape index (κ1) is 13.0. The van der Waals surface area contributed by atoms with Gasteiger partial charge in [-0.1, -0.05) is 6.58 Å². The summed E-state index contributed by atoms with van der Waals surface area (Å²) in [7, 11) is 1.77. The molecule has 3 N–H and O–H groups in total. The summed E-state index contributed by atoms with van der Waals surface area (Å²) in [5.41, 5.74) is 8.23. The number of nitrogens with one attached hydrogen (secondary N) is 1. The van der Waals surface area contributed by atoms with Crippen molar-refractivity contribution < 1.29 is 4.79 Å². The molecule has 1 aromatic rings. The van der Waals surface area contributed by atoms with Gasteiger partial charge in [0, 0.05) is 24.5 Å². The zero-order valence-electron chi connectivity index (χ0n) is 10.7. The summed E-state index contributed by atoms with van der Waals surface area (Å²) in [5.74, 6) is 0.236. The van der Waals surface area contributed by atoms with Crippen LogP contribution in [-0.4, -0.2) is 22.5 Å². The van der Waals surface area contributed by atoms with Crippen molar-refractivity contribution in [1.29, 1.82) is 0 Å². The molecule has 0 saturated carbocycles. The molecule has 1 rings (SSSR count). The van der Waals surface area contributed by atoms with Crippen LogP contribution in [0.1, 0.15) is 24.1 Å². The third-order valence-electron chi connectivity index (χ3n) is 2.67. The fourth-order valence-electron chi connectivity index (χ4n) is 1.37. The number of aromatic nitrogens is 2. The number of primary amides is 1. The second-order valence-corrected chi connectivity index (χ2v) is 3.88. The van der Waals surface area contributed by atoms with Crippen molar-refractivity contribution in [2.45, 2.75) is 20.8 Å². The quantitative estimate of drug-likeness (QED) is 0.764. The molecule has 17 heavy (non-hydrogen) atoms. The van der Waals surface area contributed by atoms with E-state index in [4.69, 9.17) is 5.73 Å². The smallest absolute Gasteiger partial charge is 0.245 e. The van der Waals surface area contributed by atoms with E-state index in [9.17, 15) is 4.79 Å². The van der Waals surface area contributed by atoms with Crippen LogP contribution >= 0.6 is 0 Å². The molecular formula is C12H18N4O. The van der Waals surface area contributed by atoms with E-state index < -0.39 is 5.91 Å². The van der Waals surface area contributed by atoms with Gasteiger partial charge in [0.2, 0.25) is 5.91 Å². The molecule has 1 heterocycles. The Hall–Kier alpha value is -2.04. The number of nitrogens with zero attached hydrogens (tertiary/aromatic N) is 2. The number of hydrogen-bond acceptors (Lipinski definition) is 3. The van der Waals surface area contributed by atoms with Crippen LogP contribution in [0.25, 0.3) is 11.9 Å². The second-order valence-electron chi connectivity index (χ2n) is 3.88. The van der Waals surface area contributed by atoms with E-state index >= 15 is 0 Å². The fourth-order valence-corrected chi connectivity index (χ4v) is 1.37. The summed E-state index contributed by atoms with van der Waals surface area (Å²) in [4.78, 5) is 15.5. The Morgan fingerprint density at radius 3 is 2.59 bits per heavy atom. The summed E-state index contributed by atoms with van der Waals surface area (Å²) in [5, 5.41) is 2.94. The van der Waals surface area contributed by atoms with E-state index in [1.54, 1.807) is 20.2 Å². The van der Waals surface area contributed by atoms with Crippen LogP contribution in [0.15, 0.2) is 12.2 Å². The highest BCUT2D eigenvalue weighted by molar-refractivity contribution is 5.94. The Morgan fingerprint density at radius 2 is 2.12 bits per heavy atom. The molecule has 1 aromatic heterocycles. The van der Waals surface area contributed by atoms with Gasteiger partial charge in [0.25, 0.3) is 0 Å². The lowest BCUT2D eigenvalue weighted by molar-refractivity contribution is -0.114. The lowest BCUT2D eigenvalue weighted by Crippen LogP contribution is -2.14. The molecule has 0 aliphatic rings.